The van der Waals surface area contributed by atoms with Crippen LogP contribution >= 0.6 is 0 Å². The van der Waals surface area contributed by atoms with Crippen molar-refractivity contribution in [3.63, 3.8) is 0 Å². The third-order valence-electron chi connectivity index (χ3n) is 2.55. The third kappa shape index (κ3) is 7.14. The zero-order valence-electron chi connectivity index (χ0n) is 11.3. The molecule has 0 saturated heterocycles. The molecule has 0 aliphatic carbocycles. The van der Waals surface area contributed by atoms with E-state index in [-0.39, 0.29) is 0 Å². The summed E-state index contributed by atoms with van der Waals surface area (Å²) in [5, 5.41) is 3.40. The molecule has 0 saturated carbocycles. The molecule has 0 amide bonds. The number of benzene rings is 1. The first-order chi connectivity index (χ1) is 8.18. The van der Waals surface area contributed by atoms with Gasteiger partial charge >= 0.3 is 0 Å². The van der Waals surface area contributed by atoms with Gasteiger partial charge in [-0.05, 0) is 31.4 Å². The molecule has 0 spiro atoms. The quantitative estimate of drug-likeness (QED) is 0.700. The Labute approximate surface area is 105 Å². The van der Waals surface area contributed by atoms with Gasteiger partial charge in [0.05, 0.1) is 6.61 Å². The Kier molecular flexibility index (Phi) is 6.90. The summed E-state index contributed by atoms with van der Waals surface area (Å²) in [5.41, 5.74) is 2.74. The first-order valence-corrected chi connectivity index (χ1v) is 6.52. The van der Waals surface area contributed by atoms with Crippen LogP contribution in [0, 0.1) is 12.8 Å². The van der Waals surface area contributed by atoms with Crippen LogP contribution in [0.4, 0.5) is 0 Å². The van der Waals surface area contributed by atoms with Crippen molar-refractivity contribution < 1.29 is 4.74 Å². The minimum absolute atomic E-state index is 0.627. The van der Waals surface area contributed by atoms with E-state index in [9.17, 15) is 0 Å². The fraction of sp³-hybridized carbons (Fsp3) is 0.600. The number of hydrogen-bond acceptors (Lipinski definition) is 2. The molecule has 2 heteroatoms. The van der Waals surface area contributed by atoms with Crippen LogP contribution in [0.5, 0.6) is 0 Å². The van der Waals surface area contributed by atoms with Gasteiger partial charge in [-0.25, -0.2) is 0 Å². The molecule has 0 bridgehead atoms. The van der Waals surface area contributed by atoms with Gasteiger partial charge in [-0.2, -0.15) is 0 Å². The maximum Gasteiger partial charge on any atom is 0.0591 e. The van der Waals surface area contributed by atoms with Crippen molar-refractivity contribution in [2.75, 3.05) is 26.3 Å². The Hall–Kier alpha value is -0.860. The van der Waals surface area contributed by atoms with Gasteiger partial charge in [0.25, 0.3) is 0 Å². The van der Waals surface area contributed by atoms with Crippen LogP contribution in [0.1, 0.15) is 25.0 Å². The molecule has 0 unspecified atom stereocenters. The summed E-state index contributed by atoms with van der Waals surface area (Å²) in [4.78, 5) is 0. The Morgan fingerprint density at radius 3 is 2.76 bits per heavy atom. The third-order valence-corrected chi connectivity index (χ3v) is 2.55. The standard InChI is InChI=1S/C15H25NO/c1-13(2)12-17-10-9-16-8-7-15-6-4-5-14(3)11-15/h4-6,11,13,16H,7-10,12H2,1-3H3. The van der Waals surface area contributed by atoms with Crippen LogP contribution < -0.4 is 5.32 Å². The lowest BCUT2D eigenvalue weighted by Gasteiger charge is -2.08. The maximum absolute atomic E-state index is 5.50. The molecule has 0 radical (unpaired) electrons. The molecular weight excluding hydrogens is 210 g/mol. The smallest absolute Gasteiger partial charge is 0.0591 e. The molecular formula is C15H25NO. The van der Waals surface area contributed by atoms with Crippen molar-refractivity contribution in [1.29, 1.82) is 0 Å². The first-order valence-electron chi connectivity index (χ1n) is 6.52. The minimum atomic E-state index is 0.627. The second-order valence-electron chi connectivity index (χ2n) is 4.96. The topological polar surface area (TPSA) is 21.3 Å². The number of aryl methyl sites for hydroxylation is 1. The molecule has 1 aromatic rings. The molecule has 96 valence electrons. The van der Waals surface area contributed by atoms with E-state index in [4.69, 9.17) is 4.74 Å². The zero-order valence-corrected chi connectivity index (χ0v) is 11.3. The monoisotopic (exact) mass is 235 g/mol. The lowest BCUT2D eigenvalue weighted by atomic mass is 10.1. The second-order valence-corrected chi connectivity index (χ2v) is 4.96. The SMILES string of the molecule is Cc1cccc(CCNCCOCC(C)C)c1. The lowest BCUT2D eigenvalue weighted by molar-refractivity contribution is 0.112. The molecule has 0 fully saturated rings. The van der Waals surface area contributed by atoms with Crippen LogP contribution in [0.15, 0.2) is 24.3 Å². The normalized spacial score (nSPS) is 11.1. The summed E-state index contributed by atoms with van der Waals surface area (Å²) in [7, 11) is 0. The first kappa shape index (κ1) is 14.2. The van der Waals surface area contributed by atoms with E-state index in [1.165, 1.54) is 11.1 Å². The van der Waals surface area contributed by atoms with E-state index in [1.807, 2.05) is 0 Å². The molecule has 0 heterocycles. The van der Waals surface area contributed by atoms with Gasteiger partial charge in [-0.3, -0.25) is 0 Å². The van der Waals surface area contributed by atoms with Crippen LogP contribution in [-0.4, -0.2) is 26.3 Å². The van der Waals surface area contributed by atoms with Gasteiger partial charge in [-0.15, -0.1) is 0 Å². The Morgan fingerprint density at radius 1 is 1.24 bits per heavy atom. The summed E-state index contributed by atoms with van der Waals surface area (Å²) in [5.74, 6) is 0.627. The average molecular weight is 235 g/mol. The molecule has 0 atom stereocenters. The summed E-state index contributed by atoms with van der Waals surface area (Å²) in [6.45, 7) is 10.1. The highest BCUT2D eigenvalue weighted by Gasteiger charge is 1.95. The number of hydrogen-bond donors (Lipinski definition) is 1. The maximum atomic E-state index is 5.50. The van der Waals surface area contributed by atoms with Gasteiger partial charge in [0, 0.05) is 13.2 Å². The highest BCUT2D eigenvalue weighted by atomic mass is 16.5. The minimum Gasteiger partial charge on any atom is -0.380 e. The Balaban J connectivity index is 2.01. The molecule has 0 aliphatic heterocycles. The summed E-state index contributed by atoms with van der Waals surface area (Å²) < 4.78 is 5.50. The highest BCUT2D eigenvalue weighted by molar-refractivity contribution is 5.22. The second kappa shape index (κ2) is 8.26. The summed E-state index contributed by atoms with van der Waals surface area (Å²) >= 11 is 0. The largest absolute Gasteiger partial charge is 0.380 e. The highest BCUT2D eigenvalue weighted by Crippen LogP contribution is 2.03. The van der Waals surface area contributed by atoms with E-state index in [2.05, 4.69) is 50.4 Å². The average Bonchev–Trinajstić information content (AvgIpc) is 2.27. The van der Waals surface area contributed by atoms with Crippen LogP contribution in [0.2, 0.25) is 0 Å². The summed E-state index contributed by atoms with van der Waals surface area (Å²) in [6, 6.07) is 8.69. The van der Waals surface area contributed by atoms with Gasteiger partial charge in [-0.1, -0.05) is 43.7 Å². The van der Waals surface area contributed by atoms with Gasteiger partial charge < -0.3 is 10.1 Å². The van der Waals surface area contributed by atoms with Crippen LogP contribution in [0.3, 0.4) is 0 Å². The fourth-order valence-electron chi connectivity index (χ4n) is 1.69. The van der Waals surface area contributed by atoms with Crippen molar-refractivity contribution in [2.45, 2.75) is 27.2 Å². The van der Waals surface area contributed by atoms with Gasteiger partial charge in [0.15, 0.2) is 0 Å². The van der Waals surface area contributed by atoms with Crippen molar-refractivity contribution in [3.8, 4) is 0 Å². The summed E-state index contributed by atoms with van der Waals surface area (Å²) in [6.07, 6.45) is 1.09. The molecule has 0 aliphatic rings. The zero-order chi connectivity index (χ0) is 12.5. The molecule has 0 aromatic heterocycles. The van der Waals surface area contributed by atoms with Crippen molar-refractivity contribution in [1.82, 2.24) is 5.32 Å². The molecule has 1 rings (SSSR count). The number of ether oxygens (including phenoxy) is 1. The van der Waals surface area contributed by atoms with Crippen molar-refractivity contribution in [2.24, 2.45) is 5.92 Å². The molecule has 2 nitrogen and oxygen atoms in total. The number of rotatable bonds is 8. The van der Waals surface area contributed by atoms with Crippen LogP contribution in [0.25, 0.3) is 0 Å². The van der Waals surface area contributed by atoms with E-state index < -0.39 is 0 Å². The predicted octanol–water partition coefficient (Wildman–Crippen LogP) is 2.80. The molecule has 17 heavy (non-hydrogen) atoms. The van der Waals surface area contributed by atoms with Crippen molar-refractivity contribution >= 4 is 0 Å². The Bertz CT molecular complexity index is 310. The van der Waals surface area contributed by atoms with E-state index >= 15 is 0 Å². The predicted molar refractivity (Wildman–Crippen MR) is 73.4 cm³/mol. The van der Waals surface area contributed by atoms with Gasteiger partial charge in [0.2, 0.25) is 0 Å². The molecule has 1 aromatic carbocycles. The molecule has 1 N–H and O–H groups in total. The van der Waals surface area contributed by atoms with Crippen LogP contribution in [-0.2, 0) is 11.2 Å². The van der Waals surface area contributed by atoms with E-state index in [0.29, 0.717) is 5.92 Å². The van der Waals surface area contributed by atoms with E-state index in [0.717, 1.165) is 32.7 Å². The van der Waals surface area contributed by atoms with Crippen molar-refractivity contribution in [3.05, 3.63) is 35.4 Å². The lowest BCUT2D eigenvalue weighted by Crippen LogP contribution is -2.23. The fourth-order valence-corrected chi connectivity index (χ4v) is 1.69. The number of nitrogens with one attached hydrogen (secondary N) is 1. The van der Waals surface area contributed by atoms with E-state index in [1.54, 1.807) is 0 Å². The van der Waals surface area contributed by atoms with Gasteiger partial charge in [0.1, 0.15) is 0 Å². The Morgan fingerprint density at radius 2 is 2.06 bits per heavy atom.